The summed E-state index contributed by atoms with van der Waals surface area (Å²) in [6.07, 6.45) is 3.61. The Hall–Kier alpha value is -2.32. The molecule has 164 valence electrons. The van der Waals surface area contributed by atoms with E-state index in [-0.39, 0.29) is 11.0 Å². The van der Waals surface area contributed by atoms with Crippen LogP contribution in [0.5, 0.6) is 0 Å². The molecule has 0 spiro atoms. The molecule has 1 fully saturated rings. The molecule has 0 bridgehead atoms. The van der Waals surface area contributed by atoms with E-state index < -0.39 is 21.5 Å². The molecule has 1 saturated carbocycles. The van der Waals surface area contributed by atoms with Crippen LogP contribution in [0.3, 0.4) is 0 Å². The van der Waals surface area contributed by atoms with Crippen LogP contribution in [0.15, 0.2) is 40.0 Å². The third-order valence-electron chi connectivity index (χ3n) is 5.61. The van der Waals surface area contributed by atoms with E-state index in [1.165, 1.54) is 25.2 Å². The number of carbonyl (C=O) groups excluding carboxylic acids is 1. The zero-order chi connectivity index (χ0) is 22.3. The van der Waals surface area contributed by atoms with E-state index in [2.05, 4.69) is 30.8 Å². The van der Waals surface area contributed by atoms with Crippen LogP contribution in [-0.2, 0) is 15.5 Å². The summed E-state index contributed by atoms with van der Waals surface area (Å²) < 4.78 is 28.4. The lowest BCUT2D eigenvalue weighted by Crippen LogP contribution is -2.34. The Morgan fingerprint density at radius 1 is 1.27 bits per heavy atom. The Balaban J connectivity index is 1.84. The largest absolute Gasteiger partial charge is 0.452 e. The van der Waals surface area contributed by atoms with E-state index in [0.717, 1.165) is 16.8 Å². The summed E-state index contributed by atoms with van der Waals surface area (Å²) in [6, 6.07) is 6.60. The fraction of sp³-hybridized carbons (Fsp3) is 0.500. The van der Waals surface area contributed by atoms with Crippen molar-refractivity contribution >= 4 is 21.6 Å². The van der Waals surface area contributed by atoms with Gasteiger partial charge in [0.2, 0.25) is 5.09 Å². The number of hydrogen-bond acceptors (Lipinski definition) is 5. The molecular formula is C22H31N3O4S. The lowest BCUT2D eigenvalue weighted by molar-refractivity contribution is 0.0779. The van der Waals surface area contributed by atoms with Gasteiger partial charge in [-0.25, -0.2) is 18.5 Å². The molecule has 1 aromatic heterocycles. The number of carbonyl (C=O) groups is 1. The molecule has 8 heteroatoms. The van der Waals surface area contributed by atoms with E-state index in [0.29, 0.717) is 17.4 Å². The number of urea groups is 1. The second-order valence-electron chi connectivity index (χ2n) is 8.92. The first kappa shape index (κ1) is 22.4. The second kappa shape index (κ2) is 8.07. The van der Waals surface area contributed by atoms with E-state index in [4.69, 9.17) is 9.20 Å². The lowest BCUT2D eigenvalue weighted by atomic mass is 9.89. The van der Waals surface area contributed by atoms with Crippen molar-refractivity contribution < 1.29 is 18.5 Å². The van der Waals surface area contributed by atoms with Crippen LogP contribution in [0.1, 0.15) is 76.0 Å². The van der Waals surface area contributed by atoms with Crippen molar-refractivity contribution in [3.63, 3.8) is 0 Å². The number of anilines is 1. The van der Waals surface area contributed by atoms with E-state index in [9.17, 15) is 14.1 Å². The van der Waals surface area contributed by atoms with Crippen LogP contribution in [0, 0.1) is 10.7 Å². The molecule has 3 rings (SSSR count). The Bertz CT molecular complexity index is 1030. The summed E-state index contributed by atoms with van der Waals surface area (Å²) >= 11 is 0. The van der Waals surface area contributed by atoms with Crippen molar-refractivity contribution in [2.45, 2.75) is 70.0 Å². The average molecular weight is 434 g/mol. The summed E-state index contributed by atoms with van der Waals surface area (Å²) in [4.78, 5) is 12.7. The summed E-state index contributed by atoms with van der Waals surface area (Å²) in [5.41, 5.74) is 1.94. The minimum atomic E-state index is -3.73. The third-order valence-corrected chi connectivity index (χ3v) is 6.86. The van der Waals surface area contributed by atoms with Gasteiger partial charge >= 0.3 is 6.03 Å². The summed E-state index contributed by atoms with van der Waals surface area (Å²) in [5.74, 6) is 1.10. The number of furan rings is 1. The van der Waals surface area contributed by atoms with Gasteiger partial charge in [0.05, 0.1) is 11.9 Å². The highest BCUT2D eigenvalue weighted by atomic mass is 32.2. The minimum absolute atomic E-state index is 0.187. The van der Waals surface area contributed by atoms with Gasteiger partial charge in [-0.1, -0.05) is 39.0 Å². The maximum absolute atomic E-state index is 12.8. The maximum atomic E-state index is 12.8. The fourth-order valence-electron chi connectivity index (χ4n) is 3.55. The minimum Gasteiger partial charge on any atom is -0.452 e. The number of aliphatic hydroxyl groups is 1. The smallest absolute Gasteiger partial charge is 0.332 e. The molecule has 30 heavy (non-hydrogen) atoms. The van der Waals surface area contributed by atoms with Crippen LogP contribution in [-0.4, -0.2) is 15.3 Å². The molecule has 2 aromatic rings. The molecular weight excluding hydrogens is 402 g/mol. The van der Waals surface area contributed by atoms with E-state index in [1.54, 1.807) is 13.8 Å². The van der Waals surface area contributed by atoms with Crippen LogP contribution < -0.4 is 10.0 Å². The molecule has 2 amide bonds. The predicted molar refractivity (Wildman–Crippen MR) is 117 cm³/mol. The van der Waals surface area contributed by atoms with Crippen molar-refractivity contribution in [2.75, 3.05) is 5.32 Å². The van der Waals surface area contributed by atoms with Gasteiger partial charge in [-0.2, -0.15) is 0 Å². The van der Waals surface area contributed by atoms with Crippen molar-refractivity contribution in [3.05, 3.63) is 47.2 Å². The van der Waals surface area contributed by atoms with Crippen LogP contribution in [0.2, 0.25) is 0 Å². The third kappa shape index (κ3) is 4.87. The quantitative estimate of drug-likeness (QED) is 0.475. The second-order valence-corrected chi connectivity index (χ2v) is 10.6. The maximum Gasteiger partial charge on any atom is 0.332 e. The van der Waals surface area contributed by atoms with Crippen molar-refractivity contribution in [3.8, 4) is 0 Å². The van der Waals surface area contributed by atoms with E-state index >= 15 is 0 Å². The summed E-state index contributed by atoms with van der Waals surface area (Å²) in [5, 5.41) is 12.7. The van der Waals surface area contributed by atoms with Gasteiger partial charge < -0.3 is 14.8 Å². The molecule has 1 aliphatic carbocycles. The Morgan fingerprint density at radius 2 is 1.90 bits per heavy atom. The van der Waals surface area contributed by atoms with Gasteiger partial charge in [0.15, 0.2) is 9.92 Å². The highest BCUT2D eigenvalue weighted by Crippen LogP contribution is 2.45. The van der Waals surface area contributed by atoms with Crippen LogP contribution in [0.4, 0.5) is 10.5 Å². The van der Waals surface area contributed by atoms with Crippen molar-refractivity contribution in [1.82, 2.24) is 4.72 Å². The van der Waals surface area contributed by atoms with Crippen molar-refractivity contribution in [1.29, 1.82) is 4.78 Å². The normalized spacial score (nSPS) is 17.4. The number of rotatable bonds is 7. The molecule has 1 aliphatic rings. The number of para-hydroxylation sites is 1. The predicted octanol–water partition coefficient (Wildman–Crippen LogP) is 5.29. The molecule has 0 radical (unpaired) electrons. The Labute approximate surface area is 178 Å². The van der Waals surface area contributed by atoms with Crippen LogP contribution in [0.25, 0.3) is 0 Å². The lowest BCUT2D eigenvalue weighted by Gasteiger charge is -2.22. The van der Waals surface area contributed by atoms with Gasteiger partial charge in [0, 0.05) is 17.3 Å². The number of hydrogen-bond donors (Lipinski definition) is 4. The standard InChI is InChI=1S/C22H31N3O4S/c1-13(2)17-7-6-8-18(14(3)15-9-10-15)20(17)24-21(26)25-30(23,28)19-11-16(12-29-19)22(4,5)27/h6-8,11-15,27H,9-10H2,1-5H3,(H3,23,24,25,26,28)/t14-,30?/m0/s1. The number of nitrogens with one attached hydrogen (secondary N) is 3. The number of amides is 2. The molecule has 1 aromatic carbocycles. The topological polar surface area (TPSA) is 115 Å². The molecule has 0 aliphatic heterocycles. The molecule has 7 nitrogen and oxygen atoms in total. The summed E-state index contributed by atoms with van der Waals surface area (Å²) in [7, 11) is -3.73. The first-order valence-electron chi connectivity index (χ1n) is 10.2. The van der Waals surface area contributed by atoms with Gasteiger partial charge in [-0.05, 0) is 55.6 Å². The highest BCUT2D eigenvalue weighted by Gasteiger charge is 2.31. The first-order valence-corrected chi connectivity index (χ1v) is 11.8. The monoisotopic (exact) mass is 433 g/mol. The van der Waals surface area contributed by atoms with Gasteiger partial charge in [0.1, 0.15) is 0 Å². The number of benzene rings is 1. The zero-order valence-corrected chi connectivity index (χ0v) is 18.9. The highest BCUT2D eigenvalue weighted by molar-refractivity contribution is 7.91. The summed E-state index contributed by atoms with van der Waals surface area (Å²) in [6.45, 7) is 9.38. The van der Waals surface area contributed by atoms with Gasteiger partial charge in [0.25, 0.3) is 0 Å². The van der Waals surface area contributed by atoms with Crippen molar-refractivity contribution in [2.24, 2.45) is 5.92 Å². The molecule has 1 unspecified atom stereocenters. The molecule has 4 N–H and O–H groups in total. The Kier molecular flexibility index (Phi) is 6.02. The van der Waals surface area contributed by atoms with E-state index in [1.807, 2.05) is 18.2 Å². The molecule has 1 heterocycles. The zero-order valence-electron chi connectivity index (χ0n) is 18.1. The van der Waals surface area contributed by atoms with Gasteiger partial charge in [-0.15, -0.1) is 0 Å². The molecule has 0 saturated heterocycles. The first-order chi connectivity index (χ1) is 13.9. The molecule has 2 atom stereocenters. The SMILES string of the molecule is CC(C)c1cccc([C@@H](C)C2CC2)c1NC(=O)NS(=N)(=O)c1cc(C(C)(C)O)co1. The fourth-order valence-corrected chi connectivity index (χ4v) is 4.44. The van der Waals surface area contributed by atoms with Crippen LogP contribution >= 0.6 is 0 Å². The Morgan fingerprint density at radius 3 is 2.43 bits per heavy atom. The van der Waals surface area contributed by atoms with Gasteiger partial charge in [-0.3, -0.25) is 0 Å². The average Bonchev–Trinajstić information content (AvgIpc) is 3.34.